The smallest absolute Gasteiger partial charge is 0.319 e. The Balaban J connectivity index is 2.31. The lowest BCUT2D eigenvalue weighted by Crippen LogP contribution is -2.40. The summed E-state index contributed by atoms with van der Waals surface area (Å²) in [4.78, 5) is 21.7. The Labute approximate surface area is 78.4 Å². The lowest BCUT2D eigenvalue weighted by atomic mass is 10.4. The minimum absolute atomic E-state index is 0.295. The first-order valence-corrected chi connectivity index (χ1v) is 4.36. The largest absolute Gasteiger partial charge is 0.480 e. The van der Waals surface area contributed by atoms with Crippen molar-refractivity contribution in [1.29, 1.82) is 0 Å². The highest BCUT2D eigenvalue weighted by atomic mass is 32.1. The van der Waals surface area contributed by atoms with Gasteiger partial charge in [-0.25, -0.2) is 5.43 Å². The second-order valence-electron chi connectivity index (χ2n) is 2.18. The number of hydrogen-bond donors (Lipinski definition) is 3. The molecule has 1 rings (SSSR count). The molecule has 0 unspecified atom stereocenters. The van der Waals surface area contributed by atoms with Gasteiger partial charge in [0.25, 0.3) is 5.91 Å². The van der Waals surface area contributed by atoms with Gasteiger partial charge in [0.05, 0.1) is 4.88 Å². The summed E-state index contributed by atoms with van der Waals surface area (Å²) in [6.07, 6.45) is 0. The van der Waals surface area contributed by atoms with Crippen LogP contribution in [-0.4, -0.2) is 23.5 Å². The molecule has 70 valence electrons. The normalized spacial score (nSPS) is 9.54. The molecule has 1 aromatic rings. The topological polar surface area (TPSA) is 78.4 Å². The molecule has 0 saturated heterocycles. The van der Waals surface area contributed by atoms with Gasteiger partial charge in [0.2, 0.25) is 0 Å². The van der Waals surface area contributed by atoms with Crippen molar-refractivity contribution in [2.24, 2.45) is 0 Å². The molecule has 0 atom stereocenters. The monoisotopic (exact) mass is 200 g/mol. The van der Waals surface area contributed by atoms with E-state index < -0.39 is 5.97 Å². The Kier molecular flexibility index (Phi) is 3.41. The Bertz CT molecular complexity index is 297. The van der Waals surface area contributed by atoms with Gasteiger partial charge in [0.15, 0.2) is 0 Å². The third-order valence-electron chi connectivity index (χ3n) is 1.19. The molecule has 1 amide bonds. The van der Waals surface area contributed by atoms with E-state index in [9.17, 15) is 9.59 Å². The van der Waals surface area contributed by atoms with Crippen LogP contribution in [0.15, 0.2) is 17.5 Å². The predicted molar refractivity (Wildman–Crippen MR) is 47.4 cm³/mol. The average Bonchev–Trinajstić information content (AvgIpc) is 2.55. The van der Waals surface area contributed by atoms with Crippen LogP contribution in [0.5, 0.6) is 0 Å². The van der Waals surface area contributed by atoms with E-state index in [1.807, 2.05) is 0 Å². The molecule has 0 aliphatic rings. The first-order chi connectivity index (χ1) is 6.20. The lowest BCUT2D eigenvalue weighted by molar-refractivity contribution is -0.136. The van der Waals surface area contributed by atoms with Gasteiger partial charge in [-0.1, -0.05) is 6.07 Å². The molecular formula is C7H8N2O3S. The zero-order chi connectivity index (χ0) is 9.68. The quantitative estimate of drug-likeness (QED) is 0.601. The molecule has 0 aliphatic heterocycles. The van der Waals surface area contributed by atoms with E-state index in [0.29, 0.717) is 4.88 Å². The second-order valence-corrected chi connectivity index (χ2v) is 3.13. The van der Waals surface area contributed by atoms with Crippen LogP contribution in [-0.2, 0) is 4.79 Å². The molecule has 6 heteroatoms. The second kappa shape index (κ2) is 4.58. The zero-order valence-electron chi connectivity index (χ0n) is 6.61. The van der Waals surface area contributed by atoms with Crippen LogP contribution in [0.2, 0.25) is 0 Å². The van der Waals surface area contributed by atoms with Gasteiger partial charge >= 0.3 is 5.97 Å². The highest BCUT2D eigenvalue weighted by Gasteiger charge is 2.05. The highest BCUT2D eigenvalue weighted by Crippen LogP contribution is 2.06. The SMILES string of the molecule is O=C(O)CNNC(=O)c1cccs1. The van der Waals surface area contributed by atoms with Crippen LogP contribution in [0.1, 0.15) is 9.67 Å². The first-order valence-electron chi connectivity index (χ1n) is 3.48. The number of amides is 1. The molecule has 0 saturated carbocycles. The molecule has 13 heavy (non-hydrogen) atoms. The maximum atomic E-state index is 11.1. The van der Waals surface area contributed by atoms with Gasteiger partial charge in [0.1, 0.15) is 6.54 Å². The lowest BCUT2D eigenvalue weighted by Gasteiger charge is -2.01. The summed E-state index contributed by atoms with van der Waals surface area (Å²) in [7, 11) is 0. The van der Waals surface area contributed by atoms with Gasteiger partial charge in [-0.05, 0) is 11.4 Å². The van der Waals surface area contributed by atoms with Gasteiger partial charge in [-0.15, -0.1) is 11.3 Å². The zero-order valence-corrected chi connectivity index (χ0v) is 7.43. The van der Waals surface area contributed by atoms with Crippen molar-refractivity contribution in [3.63, 3.8) is 0 Å². The van der Waals surface area contributed by atoms with E-state index in [4.69, 9.17) is 5.11 Å². The van der Waals surface area contributed by atoms with Crippen molar-refractivity contribution >= 4 is 23.2 Å². The van der Waals surface area contributed by atoms with E-state index >= 15 is 0 Å². The Morgan fingerprint density at radius 2 is 2.31 bits per heavy atom. The maximum Gasteiger partial charge on any atom is 0.319 e. The third-order valence-corrected chi connectivity index (χ3v) is 2.06. The molecule has 0 aromatic carbocycles. The fourth-order valence-electron chi connectivity index (χ4n) is 0.669. The van der Waals surface area contributed by atoms with Crippen molar-refractivity contribution in [2.75, 3.05) is 6.54 Å². The summed E-state index contributed by atoms with van der Waals surface area (Å²) in [6.45, 7) is -0.295. The molecular weight excluding hydrogens is 192 g/mol. The van der Waals surface area contributed by atoms with E-state index in [-0.39, 0.29) is 12.5 Å². The number of hydrogen-bond acceptors (Lipinski definition) is 4. The minimum Gasteiger partial charge on any atom is -0.480 e. The molecule has 0 bridgehead atoms. The van der Waals surface area contributed by atoms with Crippen LogP contribution in [0.25, 0.3) is 0 Å². The minimum atomic E-state index is -1.02. The van der Waals surface area contributed by atoms with Crippen LogP contribution in [0.3, 0.4) is 0 Å². The number of thiophene rings is 1. The number of aliphatic carboxylic acids is 1. The molecule has 0 aliphatic carbocycles. The van der Waals surface area contributed by atoms with E-state index in [0.717, 1.165) is 0 Å². The van der Waals surface area contributed by atoms with Crippen LogP contribution < -0.4 is 10.9 Å². The number of carbonyl (C=O) groups excluding carboxylic acids is 1. The highest BCUT2D eigenvalue weighted by molar-refractivity contribution is 7.12. The summed E-state index contributed by atoms with van der Waals surface area (Å²) in [5, 5.41) is 10.0. The van der Waals surface area contributed by atoms with E-state index in [1.165, 1.54) is 11.3 Å². The van der Waals surface area contributed by atoms with Crippen LogP contribution in [0.4, 0.5) is 0 Å². The van der Waals surface area contributed by atoms with E-state index in [2.05, 4.69) is 10.9 Å². The van der Waals surface area contributed by atoms with Crippen molar-refractivity contribution in [2.45, 2.75) is 0 Å². The van der Waals surface area contributed by atoms with Crippen molar-refractivity contribution < 1.29 is 14.7 Å². The molecule has 3 N–H and O–H groups in total. The maximum absolute atomic E-state index is 11.1. The molecule has 0 fully saturated rings. The first kappa shape index (κ1) is 9.69. The summed E-state index contributed by atoms with van der Waals surface area (Å²) in [6, 6.07) is 3.40. The Hall–Kier alpha value is -1.40. The average molecular weight is 200 g/mol. The molecule has 1 heterocycles. The Morgan fingerprint density at radius 1 is 1.54 bits per heavy atom. The predicted octanol–water partition coefficient (Wildman–Crippen LogP) is 0.0671. The standard InChI is InChI=1S/C7H8N2O3S/c10-6(11)4-8-9-7(12)5-2-1-3-13-5/h1-3,8H,4H2,(H,9,12)(H,10,11). The number of carboxylic acid groups (broad SMARTS) is 1. The summed E-state index contributed by atoms with van der Waals surface area (Å²) in [5.74, 6) is -1.34. The van der Waals surface area contributed by atoms with Gasteiger partial charge in [-0.2, -0.15) is 0 Å². The van der Waals surface area contributed by atoms with Gasteiger partial charge in [0, 0.05) is 0 Å². The number of carboxylic acids is 1. The van der Waals surface area contributed by atoms with E-state index in [1.54, 1.807) is 17.5 Å². The van der Waals surface area contributed by atoms with Gasteiger partial charge in [-0.3, -0.25) is 15.0 Å². The number of carbonyl (C=O) groups is 2. The van der Waals surface area contributed by atoms with Crippen molar-refractivity contribution in [1.82, 2.24) is 10.9 Å². The van der Waals surface area contributed by atoms with Crippen molar-refractivity contribution in [3.8, 4) is 0 Å². The molecule has 0 spiro atoms. The fraction of sp³-hybridized carbons (Fsp3) is 0.143. The number of rotatable bonds is 4. The number of nitrogens with one attached hydrogen (secondary N) is 2. The Morgan fingerprint density at radius 3 is 2.85 bits per heavy atom. The van der Waals surface area contributed by atoms with Crippen LogP contribution >= 0.6 is 11.3 Å². The van der Waals surface area contributed by atoms with Crippen LogP contribution in [0, 0.1) is 0 Å². The summed E-state index contributed by atoms with van der Waals surface area (Å²) < 4.78 is 0. The molecule has 5 nitrogen and oxygen atoms in total. The molecule has 1 aromatic heterocycles. The fourth-order valence-corrected chi connectivity index (χ4v) is 1.29. The van der Waals surface area contributed by atoms with Crippen molar-refractivity contribution in [3.05, 3.63) is 22.4 Å². The summed E-state index contributed by atoms with van der Waals surface area (Å²) >= 11 is 1.29. The van der Waals surface area contributed by atoms with Gasteiger partial charge < -0.3 is 5.11 Å². The molecule has 0 radical (unpaired) electrons. The summed E-state index contributed by atoms with van der Waals surface area (Å²) in [5.41, 5.74) is 4.54. The third kappa shape index (κ3) is 3.22. The number of hydrazine groups is 1.